The lowest BCUT2D eigenvalue weighted by molar-refractivity contribution is -0.141. The van der Waals surface area contributed by atoms with Crippen LogP contribution in [0.25, 0.3) is 11.3 Å². The molecule has 0 bridgehead atoms. The van der Waals surface area contributed by atoms with Crippen LogP contribution < -0.4 is 0 Å². The van der Waals surface area contributed by atoms with E-state index >= 15 is 0 Å². The Morgan fingerprint density at radius 1 is 1.25 bits per heavy atom. The summed E-state index contributed by atoms with van der Waals surface area (Å²) in [6, 6.07) is 8.94. The van der Waals surface area contributed by atoms with E-state index in [9.17, 15) is 13.2 Å². The first-order valence-electron chi connectivity index (χ1n) is 5.92. The maximum Gasteiger partial charge on any atom is 0.406 e. The van der Waals surface area contributed by atoms with Crippen molar-refractivity contribution < 1.29 is 13.2 Å². The van der Waals surface area contributed by atoms with Gasteiger partial charge in [-0.2, -0.15) is 13.2 Å². The maximum absolute atomic E-state index is 12.7. The highest BCUT2D eigenvalue weighted by Gasteiger charge is 2.30. The van der Waals surface area contributed by atoms with Crippen LogP contribution >= 0.6 is 11.8 Å². The molecule has 0 amide bonds. The Morgan fingerprint density at radius 2 is 1.95 bits per heavy atom. The maximum atomic E-state index is 12.7. The number of hydrogen-bond acceptors (Lipinski definition) is 2. The molecule has 106 valence electrons. The lowest BCUT2D eigenvalue weighted by Crippen LogP contribution is -2.19. The molecule has 2 rings (SSSR count). The lowest BCUT2D eigenvalue weighted by atomic mass is 10.2. The van der Waals surface area contributed by atoms with Gasteiger partial charge in [-0.1, -0.05) is 48.2 Å². The van der Waals surface area contributed by atoms with Gasteiger partial charge in [0.2, 0.25) is 0 Å². The first-order valence-corrected chi connectivity index (χ1v) is 6.91. The number of halogens is 3. The number of alkyl halides is 3. The molecule has 0 aliphatic carbocycles. The Kier molecular flexibility index (Phi) is 4.54. The van der Waals surface area contributed by atoms with Crippen LogP contribution in [0.15, 0.2) is 54.3 Å². The molecular formula is C14H13F3N2S. The third-order valence-electron chi connectivity index (χ3n) is 2.56. The summed E-state index contributed by atoms with van der Waals surface area (Å²) in [5, 5.41) is 0.348. The number of benzene rings is 1. The highest BCUT2D eigenvalue weighted by atomic mass is 32.2. The van der Waals surface area contributed by atoms with E-state index in [2.05, 4.69) is 11.6 Å². The minimum absolute atomic E-state index is 0.348. The number of nitrogens with zero attached hydrogens (tertiary/aromatic N) is 2. The van der Waals surface area contributed by atoms with Crippen molar-refractivity contribution in [1.29, 1.82) is 0 Å². The average molecular weight is 298 g/mol. The highest BCUT2D eigenvalue weighted by Crippen LogP contribution is 2.29. The topological polar surface area (TPSA) is 17.8 Å². The largest absolute Gasteiger partial charge is 0.406 e. The molecule has 20 heavy (non-hydrogen) atoms. The number of aromatic nitrogens is 2. The van der Waals surface area contributed by atoms with Gasteiger partial charge in [-0.25, -0.2) is 4.98 Å². The molecule has 0 radical (unpaired) electrons. The molecule has 0 fully saturated rings. The molecule has 1 aromatic carbocycles. The minimum atomic E-state index is -4.28. The van der Waals surface area contributed by atoms with Crippen molar-refractivity contribution in [3.63, 3.8) is 0 Å². The van der Waals surface area contributed by atoms with Crippen molar-refractivity contribution in [3.8, 4) is 11.3 Å². The molecule has 0 atom stereocenters. The van der Waals surface area contributed by atoms with E-state index in [1.165, 1.54) is 22.5 Å². The summed E-state index contributed by atoms with van der Waals surface area (Å²) in [6.07, 6.45) is -1.17. The van der Waals surface area contributed by atoms with E-state index in [0.717, 1.165) is 5.56 Å². The second-order valence-corrected chi connectivity index (χ2v) is 5.08. The van der Waals surface area contributed by atoms with Gasteiger partial charge in [-0.15, -0.1) is 6.58 Å². The van der Waals surface area contributed by atoms with Crippen LogP contribution in [0, 0.1) is 0 Å². The van der Waals surface area contributed by atoms with Gasteiger partial charge in [-0.3, -0.25) is 0 Å². The summed E-state index contributed by atoms with van der Waals surface area (Å²) in [5.41, 5.74) is 1.18. The molecule has 0 saturated heterocycles. The predicted molar refractivity (Wildman–Crippen MR) is 74.6 cm³/mol. The first-order chi connectivity index (χ1) is 9.51. The van der Waals surface area contributed by atoms with Crippen molar-refractivity contribution in [2.75, 3.05) is 5.75 Å². The minimum Gasteiger partial charge on any atom is -0.310 e. The molecule has 6 heteroatoms. The van der Waals surface area contributed by atoms with Gasteiger partial charge in [0.25, 0.3) is 0 Å². The van der Waals surface area contributed by atoms with Crippen molar-refractivity contribution in [1.82, 2.24) is 9.55 Å². The molecule has 1 aromatic heterocycles. The van der Waals surface area contributed by atoms with Crippen LogP contribution in [0.5, 0.6) is 0 Å². The molecule has 1 heterocycles. The average Bonchev–Trinajstić information content (AvgIpc) is 2.78. The molecule has 0 unspecified atom stereocenters. The van der Waals surface area contributed by atoms with E-state index in [-0.39, 0.29) is 0 Å². The Labute approximate surface area is 119 Å². The van der Waals surface area contributed by atoms with Gasteiger partial charge in [-0.05, 0) is 5.56 Å². The summed E-state index contributed by atoms with van der Waals surface area (Å²) in [7, 11) is 0. The van der Waals surface area contributed by atoms with Gasteiger partial charge in [0.05, 0.1) is 11.9 Å². The number of imidazole rings is 1. The lowest BCUT2D eigenvalue weighted by Gasteiger charge is -2.13. The van der Waals surface area contributed by atoms with Crippen LogP contribution in [-0.2, 0) is 6.54 Å². The summed E-state index contributed by atoms with van der Waals surface area (Å²) < 4.78 is 39.4. The standard InChI is InChI=1S/C14H13F3N2S/c1-2-8-20-13-18-9-12(11-6-4-3-5-7-11)19(13)10-14(15,16)17/h2-7,9H,1,8,10H2. The van der Waals surface area contributed by atoms with Crippen LogP contribution in [0.1, 0.15) is 0 Å². The summed E-state index contributed by atoms with van der Waals surface area (Å²) in [4.78, 5) is 4.09. The van der Waals surface area contributed by atoms with Gasteiger partial charge < -0.3 is 4.57 Å². The van der Waals surface area contributed by atoms with Crippen molar-refractivity contribution in [2.24, 2.45) is 0 Å². The fourth-order valence-electron chi connectivity index (χ4n) is 1.78. The third kappa shape index (κ3) is 3.66. The fraction of sp³-hybridized carbons (Fsp3) is 0.214. The first kappa shape index (κ1) is 14.7. The molecule has 0 aliphatic heterocycles. The van der Waals surface area contributed by atoms with Gasteiger partial charge in [0, 0.05) is 5.75 Å². The van der Waals surface area contributed by atoms with E-state index < -0.39 is 12.7 Å². The zero-order valence-electron chi connectivity index (χ0n) is 10.6. The highest BCUT2D eigenvalue weighted by molar-refractivity contribution is 7.99. The smallest absolute Gasteiger partial charge is 0.310 e. The Hall–Kier alpha value is -1.69. The van der Waals surface area contributed by atoms with Crippen molar-refractivity contribution in [2.45, 2.75) is 17.9 Å². The summed E-state index contributed by atoms with van der Waals surface area (Å²) in [6.45, 7) is 2.52. The normalized spacial score (nSPS) is 11.6. The molecule has 0 N–H and O–H groups in total. The van der Waals surface area contributed by atoms with E-state index in [0.29, 0.717) is 16.6 Å². The van der Waals surface area contributed by atoms with Crippen molar-refractivity contribution >= 4 is 11.8 Å². The van der Waals surface area contributed by atoms with Gasteiger partial charge >= 0.3 is 6.18 Å². The molecule has 0 aliphatic rings. The van der Waals surface area contributed by atoms with Crippen molar-refractivity contribution in [3.05, 3.63) is 49.2 Å². The number of rotatable bonds is 5. The second kappa shape index (κ2) is 6.17. The zero-order chi connectivity index (χ0) is 14.6. The third-order valence-corrected chi connectivity index (χ3v) is 3.54. The SMILES string of the molecule is C=CCSc1ncc(-c2ccccc2)n1CC(F)(F)F. The van der Waals surface area contributed by atoms with E-state index in [4.69, 9.17) is 0 Å². The van der Waals surface area contributed by atoms with Crippen LogP contribution in [0.2, 0.25) is 0 Å². The molecule has 2 nitrogen and oxygen atoms in total. The quantitative estimate of drug-likeness (QED) is 0.602. The van der Waals surface area contributed by atoms with Crippen LogP contribution in [0.3, 0.4) is 0 Å². The molecule has 0 spiro atoms. The number of thioether (sulfide) groups is 1. The number of hydrogen-bond donors (Lipinski definition) is 0. The van der Waals surface area contributed by atoms with Gasteiger partial charge in [0.1, 0.15) is 6.54 Å². The molecular weight excluding hydrogens is 285 g/mol. The van der Waals surface area contributed by atoms with E-state index in [1.54, 1.807) is 30.3 Å². The Morgan fingerprint density at radius 3 is 2.55 bits per heavy atom. The van der Waals surface area contributed by atoms with E-state index in [1.807, 2.05) is 6.07 Å². The summed E-state index contributed by atoms with van der Waals surface area (Å²) >= 11 is 1.24. The zero-order valence-corrected chi connectivity index (χ0v) is 11.4. The van der Waals surface area contributed by atoms with Gasteiger partial charge in [0.15, 0.2) is 5.16 Å². The van der Waals surface area contributed by atoms with Crippen LogP contribution in [-0.4, -0.2) is 21.5 Å². The predicted octanol–water partition coefficient (Wildman–Crippen LogP) is 4.39. The molecule has 0 saturated carbocycles. The molecule has 2 aromatic rings. The fourth-order valence-corrected chi connectivity index (χ4v) is 2.49. The monoisotopic (exact) mass is 298 g/mol. The Bertz CT molecular complexity index is 576. The second-order valence-electron chi connectivity index (χ2n) is 4.09. The van der Waals surface area contributed by atoms with Crippen LogP contribution in [0.4, 0.5) is 13.2 Å². The summed E-state index contributed by atoms with van der Waals surface area (Å²) in [5.74, 6) is 0.517. The Balaban J connectivity index is 2.41.